The van der Waals surface area contributed by atoms with E-state index in [4.69, 9.17) is 18.0 Å². The van der Waals surface area contributed by atoms with Crippen LogP contribution in [0.3, 0.4) is 0 Å². The Balaban J connectivity index is 2.71. The van der Waals surface area contributed by atoms with Crippen LogP contribution < -0.4 is 5.73 Å². The lowest BCUT2D eigenvalue weighted by molar-refractivity contribution is 0.644. The molecule has 0 bridgehead atoms. The fraction of sp³-hybridized carbons (Fsp3) is 0.500. The SMILES string of the molecule is CC(C)Cc1ncc(C(N)=S)s1. The lowest BCUT2D eigenvalue weighted by atomic mass is 10.1. The van der Waals surface area contributed by atoms with Crippen LogP contribution in [0, 0.1) is 5.92 Å². The molecule has 0 unspecified atom stereocenters. The van der Waals surface area contributed by atoms with E-state index in [1.807, 2.05) is 0 Å². The first kappa shape index (κ1) is 9.61. The van der Waals surface area contributed by atoms with Crippen molar-refractivity contribution < 1.29 is 0 Å². The van der Waals surface area contributed by atoms with Gasteiger partial charge in [0, 0.05) is 12.6 Å². The highest BCUT2D eigenvalue weighted by Gasteiger charge is 2.05. The van der Waals surface area contributed by atoms with Gasteiger partial charge in [0.05, 0.1) is 9.88 Å². The van der Waals surface area contributed by atoms with E-state index in [2.05, 4.69) is 18.8 Å². The predicted molar refractivity (Wildman–Crippen MR) is 56.5 cm³/mol. The molecule has 66 valence electrons. The molecule has 0 saturated carbocycles. The molecule has 2 N–H and O–H groups in total. The molecule has 0 fully saturated rings. The van der Waals surface area contributed by atoms with Gasteiger partial charge in [-0.2, -0.15) is 0 Å². The third kappa shape index (κ3) is 2.53. The molecular formula is C8H12N2S2. The summed E-state index contributed by atoms with van der Waals surface area (Å²) in [7, 11) is 0. The first-order chi connectivity index (χ1) is 5.59. The molecule has 1 heterocycles. The van der Waals surface area contributed by atoms with Crippen LogP contribution in [0.2, 0.25) is 0 Å². The maximum Gasteiger partial charge on any atom is 0.115 e. The molecule has 0 aliphatic heterocycles. The van der Waals surface area contributed by atoms with Crippen LogP contribution in [0.4, 0.5) is 0 Å². The van der Waals surface area contributed by atoms with E-state index < -0.39 is 0 Å². The van der Waals surface area contributed by atoms with E-state index in [1.54, 1.807) is 17.5 Å². The van der Waals surface area contributed by atoms with Gasteiger partial charge >= 0.3 is 0 Å². The Morgan fingerprint density at radius 2 is 2.42 bits per heavy atom. The molecule has 1 aromatic heterocycles. The quantitative estimate of drug-likeness (QED) is 0.758. The summed E-state index contributed by atoms with van der Waals surface area (Å²) >= 11 is 6.43. The molecule has 0 saturated heterocycles. The zero-order valence-corrected chi connectivity index (χ0v) is 8.84. The van der Waals surface area contributed by atoms with Gasteiger partial charge in [0.1, 0.15) is 4.99 Å². The van der Waals surface area contributed by atoms with Gasteiger partial charge in [-0.05, 0) is 5.92 Å². The zero-order valence-electron chi connectivity index (χ0n) is 7.20. The third-order valence-electron chi connectivity index (χ3n) is 1.38. The van der Waals surface area contributed by atoms with Crippen molar-refractivity contribution in [3.05, 3.63) is 16.1 Å². The summed E-state index contributed by atoms with van der Waals surface area (Å²) in [5.74, 6) is 0.635. The maximum atomic E-state index is 5.46. The molecule has 12 heavy (non-hydrogen) atoms. The van der Waals surface area contributed by atoms with Crippen LogP contribution in [0.25, 0.3) is 0 Å². The average Bonchev–Trinajstić information content (AvgIpc) is 2.34. The highest BCUT2D eigenvalue weighted by atomic mass is 32.1. The lowest BCUT2D eigenvalue weighted by Gasteiger charge is -1.97. The van der Waals surface area contributed by atoms with E-state index in [-0.39, 0.29) is 0 Å². The summed E-state index contributed by atoms with van der Waals surface area (Å²) in [6, 6.07) is 0. The second-order valence-corrected chi connectivity index (χ2v) is 4.64. The van der Waals surface area contributed by atoms with Gasteiger partial charge in [-0.25, -0.2) is 4.98 Å². The summed E-state index contributed by atoms with van der Waals surface area (Å²) < 4.78 is 0. The van der Waals surface area contributed by atoms with Crippen molar-refractivity contribution >= 4 is 28.5 Å². The Kier molecular flexibility index (Phi) is 3.17. The molecule has 0 radical (unpaired) electrons. The molecule has 0 aliphatic rings. The number of thiazole rings is 1. The van der Waals surface area contributed by atoms with Gasteiger partial charge in [-0.3, -0.25) is 0 Å². The normalized spacial score (nSPS) is 10.6. The van der Waals surface area contributed by atoms with Crippen molar-refractivity contribution in [2.45, 2.75) is 20.3 Å². The Hall–Kier alpha value is -0.480. The van der Waals surface area contributed by atoms with E-state index >= 15 is 0 Å². The minimum absolute atomic E-state index is 0.447. The van der Waals surface area contributed by atoms with Crippen LogP contribution in [0.5, 0.6) is 0 Å². The summed E-state index contributed by atoms with van der Waals surface area (Å²) in [6.45, 7) is 4.34. The number of hydrogen-bond donors (Lipinski definition) is 1. The molecule has 0 amide bonds. The Morgan fingerprint density at radius 3 is 2.83 bits per heavy atom. The van der Waals surface area contributed by atoms with Crippen molar-refractivity contribution in [1.82, 2.24) is 4.98 Å². The van der Waals surface area contributed by atoms with Crippen molar-refractivity contribution in [1.29, 1.82) is 0 Å². The molecule has 1 rings (SSSR count). The summed E-state index contributed by atoms with van der Waals surface area (Å²) in [5, 5.41) is 1.12. The monoisotopic (exact) mass is 200 g/mol. The molecule has 0 atom stereocenters. The summed E-state index contributed by atoms with van der Waals surface area (Å²) in [5.41, 5.74) is 5.46. The van der Waals surface area contributed by atoms with Crippen LogP contribution >= 0.6 is 23.6 Å². The van der Waals surface area contributed by atoms with Gasteiger partial charge in [0.25, 0.3) is 0 Å². The standard InChI is InChI=1S/C8H12N2S2/c1-5(2)3-7-10-4-6(12-7)8(9)11/h4-5H,3H2,1-2H3,(H2,9,11). The van der Waals surface area contributed by atoms with Crippen molar-refractivity contribution in [2.24, 2.45) is 11.7 Å². The first-order valence-electron chi connectivity index (χ1n) is 3.84. The Morgan fingerprint density at radius 1 is 1.75 bits per heavy atom. The van der Waals surface area contributed by atoms with E-state index in [0.29, 0.717) is 10.9 Å². The second-order valence-electron chi connectivity index (χ2n) is 3.08. The molecule has 0 aromatic carbocycles. The van der Waals surface area contributed by atoms with Gasteiger partial charge in [-0.1, -0.05) is 26.1 Å². The fourth-order valence-corrected chi connectivity index (χ4v) is 2.03. The maximum absolute atomic E-state index is 5.46. The Bertz CT molecular complexity index is 278. The minimum Gasteiger partial charge on any atom is -0.389 e. The van der Waals surface area contributed by atoms with Crippen LogP contribution in [-0.4, -0.2) is 9.97 Å². The van der Waals surface area contributed by atoms with Crippen molar-refractivity contribution in [2.75, 3.05) is 0 Å². The number of nitrogens with zero attached hydrogens (tertiary/aromatic N) is 1. The van der Waals surface area contributed by atoms with Crippen LogP contribution in [-0.2, 0) is 6.42 Å². The predicted octanol–water partition coefficient (Wildman–Crippen LogP) is 1.98. The van der Waals surface area contributed by atoms with Crippen LogP contribution in [0.1, 0.15) is 23.7 Å². The van der Waals surface area contributed by atoms with Gasteiger partial charge in [0.15, 0.2) is 0 Å². The topological polar surface area (TPSA) is 38.9 Å². The highest BCUT2D eigenvalue weighted by molar-refractivity contribution is 7.81. The van der Waals surface area contributed by atoms with Gasteiger partial charge < -0.3 is 5.73 Å². The Labute approximate surface area is 81.8 Å². The van der Waals surface area contributed by atoms with Crippen molar-refractivity contribution in [3.8, 4) is 0 Å². The smallest absolute Gasteiger partial charge is 0.115 e. The van der Waals surface area contributed by atoms with Crippen LogP contribution in [0.15, 0.2) is 6.20 Å². The number of thiocarbonyl (C=S) groups is 1. The molecular weight excluding hydrogens is 188 g/mol. The number of aromatic nitrogens is 1. The number of nitrogens with two attached hydrogens (primary N) is 1. The number of rotatable bonds is 3. The van der Waals surface area contributed by atoms with Gasteiger partial charge in [0.2, 0.25) is 0 Å². The summed E-state index contributed by atoms with van der Waals surface area (Å²) in [6.07, 6.45) is 2.76. The lowest BCUT2D eigenvalue weighted by Crippen LogP contribution is -2.06. The first-order valence-corrected chi connectivity index (χ1v) is 5.06. The largest absolute Gasteiger partial charge is 0.389 e. The second kappa shape index (κ2) is 3.96. The van der Waals surface area contributed by atoms with Gasteiger partial charge in [-0.15, -0.1) is 11.3 Å². The van der Waals surface area contributed by atoms with Crippen molar-refractivity contribution in [3.63, 3.8) is 0 Å². The molecule has 2 nitrogen and oxygen atoms in total. The fourth-order valence-electron chi connectivity index (χ4n) is 0.868. The summed E-state index contributed by atoms with van der Waals surface area (Å²) in [4.78, 5) is 5.59. The van der Waals surface area contributed by atoms with E-state index in [0.717, 1.165) is 16.3 Å². The van der Waals surface area contributed by atoms with E-state index in [9.17, 15) is 0 Å². The van der Waals surface area contributed by atoms with E-state index in [1.165, 1.54) is 0 Å². The molecule has 0 aliphatic carbocycles. The minimum atomic E-state index is 0.447. The third-order valence-corrected chi connectivity index (χ3v) is 2.78. The molecule has 4 heteroatoms. The molecule has 0 spiro atoms. The highest BCUT2D eigenvalue weighted by Crippen LogP contribution is 2.15. The number of hydrogen-bond acceptors (Lipinski definition) is 3. The zero-order chi connectivity index (χ0) is 9.14. The molecule has 1 aromatic rings. The average molecular weight is 200 g/mol.